The van der Waals surface area contributed by atoms with Crippen LogP contribution in [-0.2, 0) is 10.0 Å². The molecule has 0 radical (unpaired) electrons. The Balaban J connectivity index is 1.34. The molecule has 36 heavy (non-hydrogen) atoms. The van der Waals surface area contributed by atoms with Gasteiger partial charge in [-0.15, -0.1) is 0 Å². The van der Waals surface area contributed by atoms with E-state index in [4.69, 9.17) is 14.7 Å². The van der Waals surface area contributed by atoms with Crippen LogP contribution < -0.4 is 19.9 Å². The minimum atomic E-state index is -3.58. The summed E-state index contributed by atoms with van der Waals surface area (Å²) in [5.41, 5.74) is 2.16. The molecule has 2 aliphatic heterocycles. The molecular formula is C26H32N6O3S. The first-order chi connectivity index (χ1) is 17.4. The number of hydrogen-bond donors (Lipinski definition) is 1. The molecular weight excluding hydrogens is 476 g/mol. The van der Waals surface area contributed by atoms with E-state index in [1.54, 1.807) is 31.4 Å². The predicted molar refractivity (Wildman–Crippen MR) is 142 cm³/mol. The van der Waals surface area contributed by atoms with E-state index < -0.39 is 10.0 Å². The topological polar surface area (TPSA) is 90.9 Å². The van der Waals surface area contributed by atoms with Crippen LogP contribution in [0.5, 0.6) is 5.75 Å². The van der Waals surface area contributed by atoms with Gasteiger partial charge in [0.2, 0.25) is 16.0 Å². The average Bonchev–Trinajstić information content (AvgIpc) is 3.45. The van der Waals surface area contributed by atoms with E-state index in [1.165, 1.54) is 9.87 Å². The van der Waals surface area contributed by atoms with Crippen molar-refractivity contribution < 1.29 is 13.2 Å². The van der Waals surface area contributed by atoms with E-state index in [9.17, 15) is 8.42 Å². The second-order valence-corrected chi connectivity index (χ2v) is 11.1. The first-order valence-electron chi connectivity index (χ1n) is 12.3. The molecule has 2 aliphatic rings. The molecule has 1 N–H and O–H groups in total. The first kappa shape index (κ1) is 24.3. The Hall–Kier alpha value is -3.37. The average molecular weight is 509 g/mol. The molecule has 0 amide bonds. The van der Waals surface area contributed by atoms with E-state index >= 15 is 0 Å². The lowest BCUT2D eigenvalue weighted by atomic mass is 10.2. The molecule has 0 spiro atoms. The molecule has 3 heterocycles. The van der Waals surface area contributed by atoms with Crippen LogP contribution >= 0.6 is 0 Å². The van der Waals surface area contributed by atoms with Crippen molar-refractivity contribution in [3.8, 4) is 5.75 Å². The summed E-state index contributed by atoms with van der Waals surface area (Å²) < 4.78 is 33.0. The quantitative estimate of drug-likeness (QED) is 0.517. The number of nitrogens with one attached hydrogen (secondary N) is 1. The largest absolute Gasteiger partial charge is 0.497 e. The molecule has 1 aromatic heterocycles. The van der Waals surface area contributed by atoms with Gasteiger partial charge in [-0.3, -0.25) is 0 Å². The zero-order valence-corrected chi connectivity index (χ0v) is 21.5. The minimum Gasteiger partial charge on any atom is -0.497 e. The van der Waals surface area contributed by atoms with Gasteiger partial charge >= 0.3 is 0 Å². The van der Waals surface area contributed by atoms with E-state index in [0.717, 1.165) is 43.3 Å². The molecule has 5 rings (SSSR count). The van der Waals surface area contributed by atoms with Crippen molar-refractivity contribution >= 4 is 33.3 Å². The summed E-state index contributed by atoms with van der Waals surface area (Å²) >= 11 is 0. The Kier molecular flexibility index (Phi) is 6.97. The number of aromatic nitrogens is 2. The standard InChI is InChI=1S/C26H32N6O3S/c1-20-5-7-21(8-6-20)27-24-19-25(30-13-3-4-14-30)29-26(28-24)31-15-17-32(18-16-31)36(33,34)23-11-9-22(35-2)10-12-23/h5-12,19H,3-4,13-18H2,1-2H3,(H,27,28,29). The van der Waals surface area contributed by atoms with Crippen LogP contribution in [0.25, 0.3) is 0 Å². The predicted octanol–water partition coefficient (Wildman–Crippen LogP) is 3.65. The molecule has 0 bridgehead atoms. The SMILES string of the molecule is COc1ccc(S(=O)(=O)N2CCN(c3nc(Nc4ccc(C)cc4)cc(N4CCCC4)n3)CC2)cc1. The number of anilines is 4. The summed E-state index contributed by atoms with van der Waals surface area (Å²) in [5.74, 6) is 2.89. The lowest BCUT2D eigenvalue weighted by molar-refractivity contribution is 0.382. The van der Waals surface area contributed by atoms with Gasteiger partial charge in [0.1, 0.15) is 17.4 Å². The molecule has 0 saturated carbocycles. The maximum Gasteiger partial charge on any atom is 0.243 e. The van der Waals surface area contributed by atoms with Crippen molar-refractivity contribution in [1.29, 1.82) is 0 Å². The van der Waals surface area contributed by atoms with Gasteiger partial charge < -0.3 is 19.9 Å². The summed E-state index contributed by atoms with van der Waals surface area (Å²) in [6.07, 6.45) is 2.31. The number of rotatable bonds is 7. The van der Waals surface area contributed by atoms with Gasteiger partial charge in [-0.1, -0.05) is 17.7 Å². The van der Waals surface area contributed by atoms with Crippen molar-refractivity contribution in [2.45, 2.75) is 24.7 Å². The van der Waals surface area contributed by atoms with E-state index in [0.29, 0.717) is 37.9 Å². The van der Waals surface area contributed by atoms with Crippen LogP contribution in [0.4, 0.5) is 23.3 Å². The minimum absolute atomic E-state index is 0.272. The smallest absolute Gasteiger partial charge is 0.243 e. The Morgan fingerprint density at radius 1 is 0.833 bits per heavy atom. The van der Waals surface area contributed by atoms with Gasteiger partial charge in [0.05, 0.1) is 12.0 Å². The molecule has 2 aromatic carbocycles. The highest BCUT2D eigenvalue weighted by Crippen LogP contribution is 2.27. The molecule has 2 fully saturated rings. The van der Waals surface area contributed by atoms with Crippen LogP contribution in [0.3, 0.4) is 0 Å². The van der Waals surface area contributed by atoms with E-state index in [2.05, 4.69) is 34.2 Å². The highest BCUT2D eigenvalue weighted by molar-refractivity contribution is 7.89. The zero-order chi connectivity index (χ0) is 25.1. The van der Waals surface area contributed by atoms with E-state index in [1.807, 2.05) is 18.2 Å². The number of benzene rings is 2. The van der Waals surface area contributed by atoms with Gasteiger partial charge in [0.25, 0.3) is 0 Å². The van der Waals surface area contributed by atoms with E-state index in [-0.39, 0.29) is 4.90 Å². The maximum atomic E-state index is 13.2. The van der Waals surface area contributed by atoms with Gasteiger partial charge in [0.15, 0.2) is 0 Å². The Morgan fingerprint density at radius 3 is 2.14 bits per heavy atom. The van der Waals surface area contributed by atoms with Crippen LogP contribution in [0.15, 0.2) is 59.5 Å². The molecule has 0 atom stereocenters. The number of aryl methyl sites for hydroxylation is 1. The Morgan fingerprint density at radius 2 is 1.50 bits per heavy atom. The highest BCUT2D eigenvalue weighted by Gasteiger charge is 2.30. The van der Waals surface area contributed by atoms with Crippen LogP contribution in [-0.4, -0.2) is 69.1 Å². The first-order valence-corrected chi connectivity index (χ1v) is 13.7. The van der Waals surface area contributed by atoms with Crippen molar-refractivity contribution in [2.24, 2.45) is 0 Å². The third kappa shape index (κ3) is 5.24. The molecule has 190 valence electrons. The number of hydrogen-bond acceptors (Lipinski definition) is 8. The number of nitrogens with zero attached hydrogens (tertiary/aromatic N) is 5. The van der Waals surface area contributed by atoms with Crippen LogP contribution in [0.2, 0.25) is 0 Å². The van der Waals surface area contributed by atoms with Crippen molar-refractivity contribution in [2.75, 3.05) is 61.5 Å². The van der Waals surface area contributed by atoms with Crippen LogP contribution in [0, 0.1) is 6.92 Å². The van der Waals surface area contributed by atoms with Crippen molar-refractivity contribution in [1.82, 2.24) is 14.3 Å². The van der Waals surface area contributed by atoms with Gasteiger partial charge in [0, 0.05) is 51.0 Å². The summed E-state index contributed by atoms with van der Waals surface area (Å²) in [6, 6.07) is 16.7. The van der Waals surface area contributed by atoms with Crippen LogP contribution in [0.1, 0.15) is 18.4 Å². The number of piperazine rings is 1. The lowest BCUT2D eigenvalue weighted by Crippen LogP contribution is -2.49. The Labute approximate surface area is 212 Å². The molecule has 10 heteroatoms. The van der Waals surface area contributed by atoms with Gasteiger partial charge in [-0.05, 0) is 56.2 Å². The van der Waals surface area contributed by atoms with Gasteiger partial charge in [-0.2, -0.15) is 14.3 Å². The second kappa shape index (κ2) is 10.3. The highest BCUT2D eigenvalue weighted by atomic mass is 32.2. The summed E-state index contributed by atoms with van der Waals surface area (Å²) in [6.45, 7) is 5.79. The molecule has 3 aromatic rings. The summed E-state index contributed by atoms with van der Waals surface area (Å²) in [4.78, 5) is 14.3. The van der Waals surface area contributed by atoms with Crippen molar-refractivity contribution in [3.05, 3.63) is 60.2 Å². The fourth-order valence-corrected chi connectivity index (χ4v) is 5.97. The third-order valence-corrected chi connectivity index (χ3v) is 8.59. The molecule has 0 unspecified atom stereocenters. The lowest BCUT2D eigenvalue weighted by Gasteiger charge is -2.34. The third-order valence-electron chi connectivity index (χ3n) is 6.67. The maximum absolute atomic E-state index is 13.2. The molecule has 2 saturated heterocycles. The zero-order valence-electron chi connectivity index (χ0n) is 20.7. The molecule has 9 nitrogen and oxygen atoms in total. The number of methoxy groups -OCH3 is 1. The summed E-state index contributed by atoms with van der Waals surface area (Å²) in [7, 11) is -2.02. The second-order valence-electron chi connectivity index (χ2n) is 9.16. The fourth-order valence-electron chi connectivity index (χ4n) is 4.55. The number of ether oxygens (including phenoxy) is 1. The Bertz CT molecular complexity index is 1280. The molecule has 0 aliphatic carbocycles. The number of sulfonamides is 1. The monoisotopic (exact) mass is 508 g/mol. The van der Waals surface area contributed by atoms with Crippen molar-refractivity contribution in [3.63, 3.8) is 0 Å². The summed E-state index contributed by atoms with van der Waals surface area (Å²) in [5, 5.41) is 3.42. The normalized spacial score (nSPS) is 16.8. The van der Waals surface area contributed by atoms with Gasteiger partial charge in [-0.25, -0.2) is 8.42 Å². The fraction of sp³-hybridized carbons (Fsp3) is 0.385.